The highest BCUT2D eigenvalue weighted by molar-refractivity contribution is 6.35. The fourth-order valence-electron chi connectivity index (χ4n) is 2.38. The summed E-state index contributed by atoms with van der Waals surface area (Å²) in [5.41, 5.74) is 0.893. The number of halogens is 1. The number of hydrogen-bond acceptors (Lipinski definition) is 6. The Morgan fingerprint density at radius 1 is 1.38 bits per heavy atom. The Balaban J connectivity index is 1.79. The third-order valence-corrected chi connectivity index (χ3v) is 3.92. The van der Waals surface area contributed by atoms with Gasteiger partial charge in [0.1, 0.15) is 16.3 Å². The Kier molecular flexibility index (Phi) is 5.03. The molecule has 2 heterocycles. The van der Waals surface area contributed by atoms with Crippen LogP contribution in [0, 0.1) is 0 Å². The highest BCUT2D eigenvalue weighted by Gasteiger charge is 2.31. The van der Waals surface area contributed by atoms with Gasteiger partial charge >= 0.3 is 0 Å². The standard InChI is InChI=1S/C16H17ClN2O5/c1-22-6-2-3-7-23-11-5-4-9-8-10-14(20)18-16(21)19-15(10)24-13(9)12(11)17/h4-5,8,16,21H,2-3,6-7H2,1H3,(H,18,20). The normalized spacial score (nSPS) is 18.6. The van der Waals surface area contributed by atoms with Crippen molar-refractivity contribution in [1.29, 1.82) is 0 Å². The molecule has 0 saturated carbocycles. The molecule has 0 spiro atoms. The summed E-state index contributed by atoms with van der Waals surface area (Å²) < 4.78 is 16.3. The molecule has 0 fully saturated rings. The number of benzene rings is 1. The van der Waals surface area contributed by atoms with E-state index in [9.17, 15) is 9.90 Å². The van der Waals surface area contributed by atoms with E-state index in [0.29, 0.717) is 35.3 Å². The number of carbonyl (C=O) groups excluding carboxylic acids is 1. The van der Waals surface area contributed by atoms with Gasteiger partial charge in [0.25, 0.3) is 5.91 Å². The van der Waals surface area contributed by atoms with Crippen LogP contribution >= 0.6 is 11.6 Å². The second-order valence-corrected chi connectivity index (χ2v) is 5.66. The molecule has 2 aliphatic heterocycles. The SMILES string of the molecule is COCCCCOc1ccc2c(c1Cl)OC1=NC(O)NC(=O)C1=C2. The second-order valence-electron chi connectivity index (χ2n) is 5.29. The maximum Gasteiger partial charge on any atom is 0.260 e. The number of ether oxygens (including phenoxy) is 3. The van der Waals surface area contributed by atoms with Crippen LogP contribution in [-0.2, 0) is 9.53 Å². The zero-order valence-electron chi connectivity index (χ0n) is 13.0. The van der Waals surface area contributed by atoms with Crippen LogP contribution in [0.5, 0.6) is 11.5 Å². The number of methoxy groups -OCH3 is 1. The number of aliphatic imine (C=N–C) groups is 1. The first kappa shape index (κ1) is 16.8. The lowest BCUT2D eigenvalue weighted by Gasteiger charge is -2.25. The van der Waals surface area contributed by atoms with E-state index in [4.69, 9.17) is 25.8 Å². The van der Waals surface area contributed by atoms with Gasteiger partial charge in [-0.15, -0.1) is 0 Å². The summed E-state index contributed by atoms with van der Waals surface area (Å²) in [5.74, 6) is 0.437. The number of aliphatic hydroxyl groups excluding tert-OH is 1. The van der Waals surface area contributed by atoms with Gasteiger partial charge in [0.2, 0.25) is 12.2 Å². The quantitative estimate of drug-likeness (QED) is 0.761. The van der Waals surface area contributed by atoms with Crippen molar-refractivity contribution in [3.05, 3.63) is 28.3 Å². The highest BCUT2D eigenvalue weighted by atomic mass is 35.5. The topological polar surface area (TPSA) is 89.4 Å². The molecular formula is C16H17ClN2O5. The molecule has 3 rings (SSSR count). The van der Waals surface area contributed by atoms with Crippen molar-refractivity contribution in [1.82, 2.24) is 5.32 Å². The third kappa shape index (κ3) is 3.38. The van der Waals surface area contributed by atoms with Gasteiger partial charge in [0, 0.05) is 19.3 Å². The number of nitrogens with zero attached hydrogens (tertiary/aromatic N) is 1. The minimum atomic E-state index is -1.33. The third-order valence-electron chi connectivity index (χ3n) is 3.57. The molecule has 1 aromatic rings. The van der Waals surface area contributed by atoms with Gasteiger partial charge in [-0.1, -0.05) is 11.6 Å². The van der Waals surface area contributed by atoms with Gasteiger partial charge < -0.3 is 24.6 Å². The monoisotopic (exact) mass is 352 g/mol. The molecule has 7 nitrogen and oxygen atoms in total. The first-order valence-electron chi connectivity index (χ1n) is 7.51. The fraction of sp³-hybridized carbons (Fsp3) is 0.375. The predicted octanol–water partition coefficient (Wildman–Crippen LogP) is 1.73. The lowest BCUT2D eigenvalue weighted by molar-refractivity contribution is -0.120. The van der Waals surface area contributed by atoms with E-state index in [1.54, 1.807) is 25.3 Å². The Morgan fingerprint density at radius 3 is 2.96 bits per heavy atom. The summed E-state index contributed by atoms with van der Waals surface area (Å²) in [4.78, 5) is 15.7. The smallest absolute Gasteiger partial charge is 0.260 e. The Hall–Kier alpha value is -2.09. The summed E-state index contributed by atoms with van der Waals surface area (Å²) in [6.45, 7) is 1.19. The Labute approximate surface area is 143 Å². The minimum absolute atomic E-state index is 0.0397. The molecule has 1 aromatic carbocycles. The maximum atomic E-state index is 11.9. The van der Waals surface area contributed by atoms with E-state index in [2.05, 4.69) is 10.3 Å². The van der Waals surface area contributed by atoms with Crippen molar-refractivity contribution < 1.29 is 24.1 Å². The van der Waals surface area contributed by atoms with Crippen molar-refractivity contribution in [2.75, 3.05) is 20.3 Å². The molecule has 0 aliphatic carbocycles. The van der Waals surface area contributed by atoms with Gasteiger partial charge in [-0.05, 0) is 31.1 Å². The van der Waals surface area contributed by atoms with Crippen molar-refractivity contribution in [2.45, 2.75) is 19.2 Å². The molecule has 0 radical (unpaired) electrons. The van der Waals surface area contributed by atoms with E-state index in [1.165, 1.54) is 0 Å². The van der Waals surface area contributed by atoms with Crippen LogP contribution in [0.2, 0.25) is 5.02 Å². The second kappa shape index (κ2) is 7.21. The van der Waals surface area contributed by atoms with Crippen molar-refractivity contribution >= 4 is 29.5 Å². The molecule has 1 atom stereocenters. The number of carbonyl (C=O) groups is 1. The fourth-order valence-corrected chi connectivity index (χ4v) is 2.64. The van der Waals surface area contributed by atoms with E-state index in [0.717, 1.165) is 12.8 Å². The Bertz CT molecular complexity index is 717. The average molecular weight is 353 g/mol. The van der Waals surface area contributed by atoms with Crippen LogP contribution in [-0.4, -0.2) is 43.6 Å². The first-order valence-corrected chi connectivity index (χ1v) is 7.89. The van der Waals surface area contributed by atoms with Gasteiger partial charge in [-0.3, -0.25) is 4.79 Å². The van der Waals surface area contributed by atoms with Gasteiger partial charge in [0.05, 0.1) is 6.61 Å². The number of hydrogen-bond donors (Lipinski definition) is 2. The van der Waals surface area contributed by atoms with Gasteiger partial charge in [-0.2, -0.15) is 4.99 Å². The van der Waals surface area contributed by atoms with E-state index in [1.807, 2.05) is 0 Å². The Morgan fingerprint density at radius 2 is 2.17 bits per heavy atom. The number of unbranched alkanes of at least 4 members (excludes halogenated alkanes) is 1. The molecule has 1 unspecified atom stereocenters. The van der Waals surface area contributed by atoms with Crippen molar-refractivity contribution in [3.63, 3.8) is 0 Å². The summed E-state index contributed by atoms with van der Waals surface area (Å²) in [5, 5.41) is 12.1. The minimum Gasteiger partial charge on any atom is -0.492 e. The number of nitrogens with one attached hydrogen (secondary N) is 1. The zero-order chi connectivity index (χ0) is 17.1. The molecular weight excluding hydrogens is 336 g/mol. The summed E-state index contributed by atoms with van der Waals surface area (Å²) in [6.07, 6.45) is 2.02. The molecule has 24 heavy (non-hydrogen) atoms. The highest BCUT2D eigenvalue weighted by Crippen LogP contribution is 2.41. The van der Waals surface area contributed by atoms with Crippen molar-refractivity contribution in [2.24, 2.45) is 4.99 Å². The van der Waals surface area contributed by atoms with Crippen LogP contribution in [0.4, 0.5) is 0 Å². The van der Waals surface area contributed by atoms with Crippen LogP contribution in [0.15, 0.2) is 22.7 Å². The molecule has 128 valence electrons. The van der Waals surface area contributed by atoms with Crippen LogP contribution < -0.4 is 14.8 Å². The zero-order valence-corrected chi connectivity index (χ0v) is 13.8. The number of aliphatic hydroxyl groups is 1. The van der Waals surface area contributed by atoms with E-state index < -0.39 is 12.3 Å². The maximum absolute atomic E-state index is 11.9. The van der Waals surface area contributed by atoms with Gasteiger partial charge in [0.15, 0.2) is 5.75 Å². The number of amides is 1. The molecule has 0 aromatic heterocycles. The predicted molar refractivity (Wildman–Crippen MR) is 88.2 cm³/mol. The van der Waals surface area contributed by atoms with Gasteiger partial charge in [-0.25, -0.2) is 0 Å². The number of fused-ring (bicyclic) bond motifs is 2. The average Bonchev–Trinajstić information content (AvgIpc) is 2.55. The van der Waals surface area contributed by atoms with E-state index >= 15 is 0 Å². The molecule has 1 amide bonds. The van der Waals surface area contributed by atoms with Crippen LogP contribution in [0.1, 0.15) is 18.4 Å². The van der Waals surface area contributed by atoms with E-state index in [-0.39, 0.29) is 11.5 Å². The molecule has 2 N–H and O–H groups in total. The molecule has 2 aliphatic rings. The molecule has 8 heteroatoms. The lowest BCUT2D eigenvalue weighted by Crippen LogP contribution is -2.43. The summed E-state index contributed by atoms with van der Waals surface area (Å²) in [7, 11) is 1.66. The molecule has 0 saturated heterocycles. The van der Waals surface area contributed by atoms with Crippen LogP contribution in [0.3, 0.4) is 0 Å². The van der Waals surface area contributed by atoms with Crippen molar-refractivity contribution in [3.8, 4) is 11.5 Å². The summed E-state index contributed by atoms with van der Waals surface area (Å²) >= 11 is 6.35. The van der Waals surface area contributed by atoms with Crippen LogP contribution in [0.25, 0.3) is 6.08 Å². The summed E-state index contributed by atoms with van der Waals surface area (Å²) in [6, 6.07) is 3.49. The largest absolute Gasteiger partial charge is 0.492 e. The lowest BCUT2D eigenvalue weighted by atomic mass is 10.0. The first-order chi connectivity index (χ1) is 11.6. The molecule has 0 bridgehead atoms. The number of rotatable bonds is 6.